The number of rotatable bonds is 8. The van der Waals surface area contributed by atoms with E-state index in [0.29, 0.717) is 6.04 Å². The van der Waals surface area contributed by atoms with E-state index in [1.54, 1.807) is 0 Å². The number of aryl methyl sites for hydroxylation is 3. The van der Waals surface area contributed by atoms with Crippen LogP contribution in [0, 0.1) is 26.7 Å². The van der Waals surface area contributed by atoms with Gasteiger partial charge in [0.05, 0.1) is 0 Å². The molecule has 0 aromatic heterocycles. The van der Waals surface area contributed by atoms with Crippen molar-refractivity contribution in [2.24, 2.45) is 5.92 Å². The Balaban J connectivity index is 2.86. The predicted octanol–water partition coefficient (Wildman–Crippen LogP) is 4.24. The second-order valence-corrected chi connectivity index (χ2v) is 6.87. The van der Waals surface area contributed by atoms with Crippen LogP contribution >= 0.6 is 0 Å². The Labute approximate surface area is 131 Å². The fourth-order valence-corrected chi connectivity index (χ4v) is 3.13. The summed E-state index contributed by atoms with van der Waals surface area (Å²) in [7, 11) is 2.24. The smallest absolute Gasteiger partial charge is 0.0454 e. The Bertz CT molecular complexity index is 414. The summed E-state index contributed by atoms with van der Waals surface area (Å²) in [5, 5.41) is 3.68. The van der Waals surface area contributed by atoms with Crippen LogP contribution in [0.4, 0.5) is 0 Å². The molecular weight excluding hydrogens is 256 g/mol. The largest absolute Gasteiger partial charge is 0.309 e. The summed E-state index contributed by atoms with van der Waals surface area (Å²) in [6.45, 7) is 16.7. The van der Waals surface area contributed by atoms with Crippen LogP contribution in [0.5, 0.6) is 0 Å². The molecule has 1 N–H and O–H groups in total. The number of hydrogen-bond acceptors (Lipinski definition) is 2. The van der Waals surface area contributed by atoms with Gasteiger partial charge in [-0.1, -0.05) is 38.5 Å². The summed E-state index contributed by atoms with van der Waals surface area (Å²) in [5.41, 5.74) is 5.67. The average Bonchev–Trinajstić information content (AvgIpc) is 2.35. The summed E-state index contributed by atoms with van der Waals surface area (Å²) < 4.78 is 0. The monoisotopic (exact) mass is 290 g/mol. The molecule has 2 heteroatoms. The fourth-order valence-electron chi connectivity index (χ4n) is 3.13. The first-order valence-electron chi connectivity index (χ1n) is 8.34. The van der Waals surface area contributed by atoms with Crippen LogP contribution in [0.25, 0.3) is 0 Å². The Hall–Kier alpha value is -0.860. The third-order valence-electron chi connectivity index (χ3n) is 4.12. The lowest BCUT2D eigenvalue weighted by molar-refractivity contribution is 0.275. The topological polar surface area (TPSA) is 15.3 Å². The number of benzene rings is 1. The first-order valence-corrected chi connectivity index (χ1v) is 8.34. The maximum Gasteiger partial charge on any atom is 0.0454 e. The summed E-state index contributed by atoms with van der Waals surface area (Å²) in [4.78, 5) is 2.46. The van der Waals surface area contributed by atoms with Crippen molar-refractivity contribution < 1.29 is 0 Å². The molecule has 0 saturated carbocycles. The fraction of sp³-hybridized carbons (Fsp3) is 0.684. The van der Waals surface area contributed by atoms with E-state index >= 15 is 0 Å². The van der Waals surface area contributed by atoms with Gasteiger partial charge < -0.3 is 10.2 Å². The van der Waals surface area contributed by atoms with E-state index < -0.39 is 0 Å². The van der Waals surface area contributed by atoms with E-state index in [0.717, 1.165) is 19.0 Å². The first-order chi connectivity index (χ1) is 9.85. The van der Waals surface area contributed by atoms with Gasteiger partial charge in [-0.25, -0.2) is 0 Å². The Morgan fingerprint density at radius 3 is 2.14 bits per heavy atom. The third kappa shape index (κ3) is 5.80. The van der Waals surface area contributed by atoms with E-state index in [9.17, 15) is 0 Å². The van der Waals surface area contributed by atoms with E-state index in [4.69, 9.17) is 0 Å². The maximum atomic E-state index is 3.68. The zero-order valence-electron chi connectivity index (χ0n) is 15.1. The van der Waals surface area contributed by atoms with E-state index in [1.165, 1.54) is 35.2 Å². The maximum absolute atomic E-state index is 3.68. The standard InChI is InChI=1S/C19H34N2/c1-8-20-18(13-21(7)10-9-14(2)3)19-16(5)11-15(4)12-17(19)6/h11-12,14,18,20H,8-10,13H2,1-7H3. The molecule has 1 atom stereocenters. The molecule has 120 valence electrons. The van der Waals surface area contributed by atoms with Gasteiger partial charge in [-0.2, -0.15) is 0 Å². The molecule has 0 heterocycles. The van der Waals surface area contributed by atoms with Crippen molar-refractivity contribution in [2.45, 2.75) is 54.0 Å². The van der Waals surface area contributed by atoms with Crippen LogP contribution in [-0.4, -0.2) is 31.6 Å². The van der Waals surface area contributed by atoms with Crippen molar-refractivity contribution in [2.75, 3.05) is 26.7 Å². The lowest BCUT2D eigenvalue weighted by Crippen LogP contribution is -2.34. The molecule has 0 saturated heterocycles. The minimum Gasteiger partial charge on any atom is -0.309 e. The van der Waals surface area contributed by atoms with Gasteiger partial charge in [-0.05, 0) is 69.9 Å². The molecule has 21 heavy (non-hydrogen) atoms. The van der Waals surface area contributed by atoms with Gasteiger partial charge in [0.15, 0.2) is 0 Å². The molecule has 0 fully saturated rings. The Kier molecular flexibility index (Phi) is 7.41. The van der Waals surface area contributed by atoms with Crippen molar-refractivity contribution in [3.63, 3.8) is 0 Å². The highest BCUT2D eigenvalue weighted by molar-refractivity contribution is 5.39. The highest BCUT2D eigenvalue weighted by atomic mass is 15.1. The molecule has 1 rings (SSSR count). The van der Waals surface area contributed by atoms with Gasteiger partial charge in [0.25, 0.3) is 0 Å². The molecule has 0 radical (unpaired) electrons. The van der Waals surface area contributed by atoms with Crippen molar-refractivity contribution in [1.29, 1.82) is 0 Å². The van der Waals surface area contributed by atoms with Gasteiger partial charge in [-0.3, -0.25) is 0 Å². The summed E-state index contributed by atoms with van der Waals surface area (Å²) >= 11 is 0. The molecule has 2 nitrogen and oxygen atoms in total. The summed E-state index contributed by atoms with van der Waals surface area (Å²) in [5.74, 6) is 0.771. The Morgan fingerprint density at radius 2 is 1.67 bits per heavy atom. The van der Waals surface area contributed by atoms with Crippen molar-refractivity contribution in [3.8, 4) is 0 Å². The SMILES string of the molecule is CCNC(CN(C)CCC(C)C)c1c(C)cc(C)cc1C. The van der Waals surface area contributed by atoms with Gasteiger partial charge in [0.1, 0.15) is 0 Å². The lowest BCUT2D eigenvalue weighted by atomic mass is 9.93. The number of nitrogens with one attached hydrogen (secondary N) is 1. The number of hydrogen-bond donors (Lipinski definition) is 1. The van der Waals surface area contributed by atoms with Gasteiger partial charge in [0, 0.05) is 12.6 Å². The molecule has 0 bridgehead atoms. The third-order valence-corrected chi connectivity index (χ3v) is 4.12. The molecule has 0 amide bonds. The summed E-state index contributed by atoms with van der Waals surface area (Å²) in [6, 6.07) is 5.04. The first kappa shape index (κ1) is 18.2. The minimum absolute atomic E-state index is 0.424. The zero-order chi connectivity index (χ0) is 16.0. The van der Waals surface area contributed by atoms with Crippen LogP contribution in [0.2, 0.25) is 0 Å². The van der Waals surface area contributed by atoms with Gasteiger partial charge in [0.2, 0.25) is 0 Å². The predicted molar refractivity (Wildman–Crippen MR) is 94.0 cm³/mol. The molecule has 1 aromatic rings. The quantitative estimate of drug-likeness (QED) is 0.770. The van der Waals surface area contributed by atoms with Gasteiger partial charge in [-0.15, -0.1) is 0 Å². The second kappa shape index (κ2) is 8.55. The normalized spacial score (nSPS) is 13.2. The highest BCUT2D eigenvalue weighted by Gasteiger charge is 2.17. The van der Waals surface area contributed by atoms with Crippen LogP contribution < -0.4 is 5.32 Å². The number of likely N-dealkylation sites (N-methyl/N-ethyl adjacent to an activating group) is 2. The lowest BCUT2D eigenvalue weighted by Gasteiger charge is -2.28. The minimum atomic E-state index is 0.424. The highest BCUT2D eigenvalue weighted by Crippen LogP contribution is 2.24. The average molecular weight is 290 g/mol. The zero-order valence-corrected chi connectivity index (χ0v) is 15.1. The van der Waals surface area contributed by atoms with Crippen molar-refractivity contribution in [3.05, 3.63) is 34.4 Å². The van der Waals surface area contributed by atoms with Crippen molar-refractivity contribution in [1.82, 2.24) is 10.2 Å². The van der Waals surface area contributed by atoms with E-state index in [2.05, 4.69) is 70.9 Å². The van der Waals surface area contributed by atoms with Gasteiger partial charge >= 0.3 is 0 Å². The second-order valence-electron chi connectivity index (χ2n) is 6.87. The molecule has 1 aromatic carbocycles. The van der Waals surface area contributed by atoms with E-state index in [1.807, 2.05) is 0 Å². The van der Waals surface area contributed by atoms with Crippen LogP contribution in [0.15, 0.2) is 12.1 Å². The molecule has 0 spiro atoms. The number of nitrogens with zero attached hydrogens (tertiary/aromatic N) is 1. The summed E-state index contributed by atoms with van der Waals surface area (Å²) in [6.07, 6.45) is 1.27. The molecule has 0 aliphatic rings. The van der Waals surface area contributed by atoms with E-state index in [-0.39, 0.29) is 0 Å². The van der Waals surface area contributed by atoms with Crippen molar-refractivity contribution >= 4 is 0 Å². The van der Waals surface area contributed by atoms with Crippen LogP contribution in [-0.2, 0) is 0 Å². The molecular formula is C19H34N2. The molecule has 0 aliphatic carbocycles. The van der Waals surface area contributed by atoms with Crippen LogP contribution in [0.3, 0.4) is 0 Å². The Morgan fingerprint density at radius 1 is 1.10 bits per heavy atom. The van der Waals surface area contributed by atoms with Crippen LogP contribution in [0.1, 0.15) is 55.5 Å². The molecule has 0 aliphatic heterocycles. The molecule has 1 unspecified atom stereocenters.